The first-order valence-corrected chi connectivity index (χ1v) is 9.92. The predicted molar refractivity (Wildman–Crippen MR) is 115 cm³/mol. The van der Waals surface area contributed by atoms with E-state index < -0.39 is 23.4 Å². The molecule has 2 heterocycles. The van der Waals surface area contributed by atoms with E-state index in [2.05, 4.69) is 9.97 Å². The summed E-state index contributed by atoms with van der Waals surface area (Å²) in [7, 11) is 0. The van der Waals surface area contributed by atoms with Gasteiger partial charge in [0, 0.05) is 24.2 Å². The topological polar surface area (TPSA) is 63.1 Å². The first-order valence-electron chi connectivity index (χ1n) is 9.10. The molecule has 2 aromatic heterocycles. The Hall–Kier alpha value is -2.97. The Morgan fingerprint density at radius 2 is 1.77 bits per heavy atom. The monoisotopic (exact) mass is 464 g/mol. The predicted octanol–water partition coefficient (Wildman–Crippen LogP) is 5.61. The minimum atomic E-state index is -1.27. The smallest absolute Gasteiger partial charge is 0.307 e. The Labute approximate surface area is 185 Å². The zero-order chi connectivity index (χ0) is 21.3. The number of aliphatic carboxylic acids is 1. The van der Waals surface area contributed by atoms with Crippen LogP contribution in [0.1, 0.15) is 16.1 Å². The van der Waals surface area contributed by atoms with Gasteiger partial charge < -0.3 is 5.11 Å². The van der Waals surface area contributed by atoms with Crippen LogP contribution < -0.4 is 0 Å². The number of fused-ring (bicyclic) bond motifs is 1. The number of thiazole rings is 1. The highest BCUT2D eigenvalue weighted by Crippen LogP contribution is 2.30. The summed E-state index contributed by atoms with van der Waals surface area (Å²) in [6.45, 7) is 0. The van der Waals surface area contributed by atoms with Crippen LogP contribution in [-0.4, -0.2) is 21.0 Å². The molecule has 0 amide bonds. The third-order valence-corrected chi connectivity index (χ3v) is 5.72. The van der Waals surface area contributed by atoms with Gasteiger partial charge in [-0.05, 0) is 17.5 Å². The maximum atomic E-state index is 14.0. The molecule has 0 atom stereocenters. The first-order chi connectivity index (χ1) is 14.4. The molecule has 0 aliphatic heterocycles. The molecule has 9 heteroatoms. The summed E-state index contributed by atoms with van der Waals surface area (Å²) in [4.78, 5) is 19.6. The molecule has 4 aromatic rings. The first kappa shape index (κ1) is 22.7. The summed E-state index contributed by atoms with van der Waals surface area (Å²) in [5.74, 6) is -4.24. The van der Waals surface area contributed by atoms with Crippen LogP contribution in [0.4, 0.5) is 13.2 Å². The van der Waals surface area contributed by atoms with Gasteiger partial charge in [0.25, 0.3) is 0 Å². The lowest BCUT2D eigenvalue weighted by Gasteiger charge is -2.10. The van der Waals surface area contributed by atoms with Gasteiger partial charge in [0.05, 0.1) is 21.8 Å². The number of halogens is 4. The largest absolute Gasteiger partial charge is 0.481 e. The van der Waals surface area contributed by atoms with Gasteiger partial charge in [-0.1, -0.05) is 36.4 Å². The molecule has 0 bridgehead atoms. The lowest BCUT2D eigenvalue weighted by atomic mass is 9.99. The number of aromatic nitrogens is 2. The Bertz CT molecular complexity index is 1250. The van der Waals surface area contributed by atoms with Crippen molar-refractivity contribution in [1.29, 1.82) is 0 Å². The number of hydrogen-bond donors (Lipinski definition) is 1. The maximum absolute atomic E-state index is 14.0. The van der Waals surface area contributed by atoms with E-state index >= 15 is 0 Å². The van der Waals surface area contributed by atoms with Gasteiger partial charge in [-0.15, -0.1) is 23.7 Å². The second-order valence-corrected chi connectivity index (χ2v) is 7.81. The molecule has 0 spiro atoms. The quantitative estimate of drug-likeness (QED) is 0.377. The van der Waals surface area contributed by atoms with E-state index in [0.29, 0.717) is 35.2 Å². The fourth-order valence-electron chi connectivity index (χ4n) is 3.25. The van der Waals surface area contributed by atoms with Crippen molar-refractivity contribution in [1.82, 2.24) is 9.97 Å². The summed E-state index contributed by atoms with van der Waals surface area (Å²) in [6, 6.07) is 11.7. The Morgan fingerprint density at radius 3 is 2.48 bits per heavy atom. The number of rotatable bonds is 6. The molecule has 31 heavy (non-hydrogen) atoms. The van der Waals surface area contributed by atoms with Crippen LogP contribution in [0.5, 0.6) is 0 Å². The number of benzene rings is 2. The van der Waals surface area contributed by atoms with E-state index in [0.717, 1.165) is 22.5 Å². The van der Waals surface area contributed by atoms with Crippen molar-refractivity contribution in [2.24, 2.45) is 0 Å². The van der Waals surface area contributed by atoms with Gasteiger partial charge in [0.1, 0.15) is 11.3 Å². The van der Waals surface area contributed by atoms with Crippen molar-refractivity contribution in [3.8, 4) is 11.3 Å². The molecular formula is C22H16ClF3N2O2S. The minimum Gasteiger partial charge on any atom is -0.481 e. The van der Waals surface area contributed by atoms with Crippen LogP contribution in [0.15, 0.2) is 48.7 Å². The van der Waals surface area contributed by atoms with Crippen LogP contribution in [0.25, 0.3) is 21.5 Å². The SMILES string of the molecule is Cl.O=C(O)Cc1cnc(-c2ccccc2)c(CCc2nc3c(F)c(F)cc(F)c3s2)c1. The van der Waals surface area contributed by atoms with Crippen molar-refractivity contribution < 1.29 is 23.1 Å². The molecule has 1 N–H and O–H groups in total. The van der Waals surface area contributed by atoms with E-state index in [-0.39, 0.29) is 29.0 Å². The summed E-state index contributed by atoms with van der Waals surface area (Å²) >= 11 is 0.975. The number of carboxylic acids is 1. The summed E-state index contributed by atoms with van der Waals surface area (Å²) in [6.07, 6.45) is 2.14. The summed E-state index contributed by atoms with van der Waals surface area (Å²) in [5, 5.41) is 9.52. The van der Waals surface area contributed by atoms with Gasteiger partial charge in [-0.3, -0.25) is 9.78 Å². The van der Waals surface area contributed by atoms with E-state index in [1.165, 1.54) is 6.20 Å². The normalized spacial score (nSPS) is 10.8. The van der Waals surface area contributed by atoms with Gasteiger partial charge in [0.2, 0.25) is 0 Å². The fraction of sp³-hybridized carbons (Fsp3) is 0.136. The lowest BCUT2D eigenvalue weighted by molar-refractivity contribution is -0.136. The highest BCUT2D eigenvalue weighted by atomic mass is 35.5. The number of pyridine rings is 1. The standard InChI is InChI=1S/C22H15F3N2O2S.ClH/c23-15-10-16(24)22-21(19(15)25)27-17(30-22)7-6-14-8-12(9-18(28)29)11-26-20(14)13-4-2-1-3-5-13;/h1-5,8,10-11H,6-7,9H2,(H,28,29);1H. The average Bonchev–Trinajstić information content (AvgIpc) is 3.16. The molecule has 4 rings (SSSR count). The van der Waals surface area contributed by atoms with E-state index in [1.807, 2.05) is 30.3 Å². The van der Waals surface area contributed by atoms with Crippen molar-refractivity contribution >= 4 is 39.9 Å². The molecule has 0 radical (unpaired) electrons. The number of nitrogens with zero attached hydrogens (tertiary/aromatic N) is 2. The summed E-state index contributed by atoms with van der Waals surface area (Å²) < 4.78 is 41.3. The highest BCUT2D eigenvalue weighted by molar-refractivity contribution is 7.18. The van der Waals surface area contributed by atoms with Crippen molar-refractivity contribution in [2.75, 3.05) is 0 Å². The van der Waals surface area contributed by atoms with E-state index in [4.69, 9.17) is 5.11 Å². The second kappa shape index (κ2) is 9.45. The van der Waals surface area contributed by atoms with Crippen LogP contribution in [0.3, 0.4) is 0 Å². The molecule has 160 valence electrons. The molecule has 0 fully saturated rings. The van der Waals surface area contributed by atoms with Crippen molar-refractivity contribution in [2.45, 2.75) is 19.3 Å². The summed E-state index contributed by atoms with van der Waals surface area (Å²) in [5.41, 5.74) is 2.62. The number of carboxylic acid groups (broad SMARTS) is 1. The van der Waals surface area contributed by atoms with Crippen molar-refractivity contribution in [3.63, 3.8) is 0 Å². The number of aryl methyl sites for hydroxylation is 2. The molecule has 0 aliphatic carbocycles. The zero-order valence-corrected chi connectivity index (χ0v) is 17.6. The van der Waals surface area contributed by atoms with Gasteiger partial charge in [-0.25, -0.2) is 18.2 Å². The minimum absolute atomic E-state index is 0. The van der Waals surface area contributed by atoms with Crippen LogP contribution in [0.2, 0.25) is 0 Å². The maximum Gasteiger partial charge on any atom is 0.307 e. The zero-order valence-electron chi connectivity index (χ0n) is 15.9. The Kier molecular flexibility index (Phi) is 6.92. The third kappa shape index (κ3) is 4.86. The van der Waals surface area contributed by atoms with Crippen LogP contribution >= 0.6 is 23.7 Å². The molecule has 4 nitrogen and oxygen atoms in total. The van der Waals surface area contributed by atoms with Crippen LogP contribution in [0, 0.1) is 17.5 Å². The molecule has 0 aliphatic rings. The van der Waals surface area contributed by atoms with Gasteiger partial charge in [-0.2, -0.15) is 0 Å². The molecular weight excluding hydrogens is 449 g/mol. The van der Waals surface area contributed by atoms with Crippen molar-refractivity contribution in [3.05, 3.63) is 82.2 Å². The Balaban J connectivity index is 0.00000272. The molecule has 0 unspecified atom stereocenters. The number of hydrogen-bond acceptors (Lipinski definition) is 4. The molecule has 2 aromatic carbocycles. The Morgan fingerprint density at radius 1 is 1.03 bits per heavy atom. The van der Waals surface area contributed by atoms with E-state index in [1.54, 1.807) is 6.07 Å². The average molecular weight is 465 g/mol. The van der Waals surface area contributed by atoms with E-state index in [9.17, 15) is 18.0 Å². The molecule has 0 saturated heterocycles. The number of carbonyl (C=O) groups is 1. The fourth-order valence-corrected chi connectivity index (χ4v) is 4.22. The van der Waals surface area contributed by atoms with Gasteiger partial charge in [0.15, 0.2) is 11.6 Å². The van der Waals surface area contributed by atoms with Gasteiger partial charge >= 0.3 is 5.97 Å². The third-order valence-electron chi connectivity index (χ3n) is 4.59. The molecule has 0 saturated carbocycles. The highest BCUT2D eigenvalue weighted by Gasteiger charge is 2.18. The second-order valence-electron chi connectivity index (χ2n) is 6.73. The lowest BCUT2D eigenvalue weighted by Crippen LogP contribution is -2.04. The van der Waals surface area contributed by atoms with Crippen LogP contribution in [-0.2, 0) is 24.1 Å².